The van der Waals surface area contributed by atoms with Crippen molar-refractivity contribution in [3.05, 3.63) is 53.6 Å². The van der Waals surface area contributed by atoms with E-state index in [-0.39, 0.29) is 0 Å². The summed E-state index contributed by atoms with van der Waals surface area (Å²) >= 11 is 0. The van der Waals surface area contributed by atoms with Gasteiger partial charge in [0, 0.05) is 5.57 Å². The second-order valence-corrected chi connectivity index (χ2v) is 2.99. The van der Waals surface area contributed by atoms with Crippen molar-refractivity contribution < 1.29 is 0 Å². The van der Waals surface area contributed by atoms with Crippen LogP contribution < -0.4 is 0 Å². The normalized spacial score (nSPS) is 16.6. The molecule has 2 rings (SSSR count). The van der Waals surface area contributed by atoms with Crippen LogP contribution in [0.1, 0.15) is 5.56 Å². The van der Waals surface area contributed by atoms with Crippen LogP contribution in [0, 0.1) is 17.3 Å². The van der Waals surface area contributed by atoms with Crippen LogP contribution >= 0.6 is 0 Å². The number of benzene rings is 1. The molecule has 0 bridgehead atoms. The van der Waals surface area contributed by atoms with Gasteiger partial charge in [0.2, 0.25) is 0 Å². The summed E-state index contributed by atoms with van der Waals surface area (Å²) in [7, 11) is 0. The maximum atomic E-state index is 7.60. The largest absolute Gasteiger partial charge is 0.291 e. The highest BCUT2D eigenvalue weighted by Crippen LogP contribution is 2.10. The molecule has 1 heteroatoms. The Morgan fingerprint density at radius 1 is 1.14 bits per heavy atom. The van der Waals surface area contributed by atoms with Crippen LogP contribution in [0.2, 0.25) is 0 Å². The highest BCUT2D eigenvalue weighted by Gasteiger charge is 2.00. The Labute approximate surface area is 83.3 Å². The Morgan fingerprint density at radius 2 is 1.93 bits per heavy atom. The van der Waals surface area contributed by atoms with E-state index in [4.69, 9.17) is 5.41 Å². The highest BCUT2D eigenvalue weighted by atomic mass is 14.4. The van der Waals surface area contributed by atoms with Crippen LogP contribution in [0.3, 0.4) is 0 Å². The van der Waals surface area contributed by atoms with Gasteiger partial charge in [-0.25, -0.2) is 0 Å². The smallest absolute Gasteiger partial charge is 0.112 e. The van der Waals surface area contributed by atoms with E-state index in [1.807, 2.05) is 42.5 Å². The van der Waals surface area contributed by atoms with Gasteiger partial charge in [0.15, 0.2) is 0 Å². The summed E-state index contributed by atoms with van der Waals surface area (Å²) < 4.78 is 0. The molecule has 0 heterocycles. The minimum absolute atomic E-state index is 0.386. The Bertz CT molecular complexity index is 467. The van der Waals surface area contributed by atoms with E-state index in [1.165, 1.54) is 0 Å². The Hall–Kier alpha value is -2.07. The lowest BCUT2D eigenvalue weighted by molar-refractivity contribution is 1.52. The second kappa shape index (κ2) is 3.76. The summed E-state index contributed by atoms with van der Waals surface area (Å²) in [5.74, 6) is 5.48. The lowest BCUT2D eigenvalue weighted by Gasteiger charge is -2.00. The van der Waals surface area contributed by atoms with Crippen molar-refractivity contribution in [1.82, 2.24) is 0 Å². The molecule has 0 saturated heterocycles. The van der Waals surface area contributed by atoms with Crippen molar-refractivity contribution >= 4 is 11.8 Å². The van der Waals surface area contributed by atoms with Crippen LogP contribution in [0.4, 0.5) is 0 Å². The zero-order chi connectivity index (χ0) is 9.80. The first kappa shape index (κ1) is 8.52. The van der Waals surface area contributed by atoms with Gasteiger partial charge in [-0.3, -0.25) is 5.41 Å². The van der Waals surface area contributed by atoms with E-state index in [1.54, 1.807) is 6.08 Å². The molecule has 0 unspecified atom stereocenters. The monoisotopic (exact) mass is 179 g/mol. The summed E-state index contributed by atoms with van der Waals surface area (Å²) in [6.07, 6.45) is 5.60. The molecular formula is C13H9N. The van der Waals surface area contributed by atoms with E-state index >= 15 is 0 Å². The third-order valence-corrected chi connectivity index (χ3v) is 1.95. The third kappa shape index (κ3) is 1.81. The van der Waals surface area contributed by atoms with Crippen LogP contribution in [0.25, 0.3) is 6.08 Å². The molecule has 66 valence electrons. The molecule has 1 N–H and O–H groups in total. The minimum Gasteiger partial charge on any atom is -0.291 e. The molecule has 0 aliphatic heterocycles. The average molecular weight is 179 g/mol. The summed E-state index contributed by atoms with van der Waals surface area (Å²) in [4.78, 5) is 0. The molecule has 1 aliphatic rings. The van der Waals surface area contributed by atoms with Gasteiger partial charge >= 0.3 is 0 Å². The topological polar surface area (TPSA) is 23.9 Å². The van der Waals surface area contributed by atoms with Crippen molar-refractivity contribution in [1.29, 1.82) is 5.41 Å². The standard InChI is InChI=1S/C13H9N/c14-13-9-5-4-8-12(13)10-11-6-2-1-3-7-11/h1-4,6-8,10,14H/b12-10+,14-13?. The summed E-state index contributed by atoms with van der Waals surface area (Å²) in [6, 6.07) is 9.96. The van der Waals surface area contributed by atoms with Crippen LogP contribution in [0.5, 0.6) is 0 Å². The quantitative estimate of drug-likeness (QED) is 0.641. The van der Waals surface area contributed by atoms with Gasteiger partial charge in [-0.2, -0.15) is 0 Å². The first-order valence-corrected chi connectivity index (χ1v) is 4.40. The van der Waals surface area contributed by atoms with Crippen molar-refractivity contribution in [2.75, 3.05) is 0 Å². The predicted octanol–water partition coefficient (Wildman–Crippen LogP) is 2.66. The van der Waals surface area contributed by atoms with E-state index in [0.717, 1.165) is 11.1 Å². The molecule has 1 aliphatic carbocycles. The number of hydrogen-bond donors (Lipinski definition) is 1. The fourth-order valence-corrected chi connectivity index (χ4v) is 1.25. The maximum absolute atomic E-state index is 7.60. The molecule has 1 aromatic rings. The Balaban J connectivity index is 2.34. The summed E-state index contributed by atoms with van der Waals surface area (Å²) in [5, 5.41) is 7.60. The first-order valence-electron chi connectivity index (χ1n) is 4.40. The predicted molar refractivity (Wildman–Crippen MR) is 59.1 cm³/mol. The van der Waals surface area contributed by atoms with Gasteiger partial charge in [0.05, 0.1) is 0 Å². The molecule has 0 amide bonds. The number of hydrogen-bond acceptors (Lipinski definition) is 1. The molecule has 1 nitrogen and oxygen atoms in total. The van der Waals surface area contributed by atoms with Crippen molar-refractivity contribution in [2.24, 2.45) is 0 Å². The van der Waals surface area contributed by atoms with Gasteiger partial charge in [0.1, 0.15) is 5.71 Å². The molecule has 0 aromatic heterocycles. The van der Waals surface area contributed by atoms with Crippen molar-refractivity contribution in [2.45, 2.75) is 0 Å². The molecule has 0 spiro atoms. The third-order valence-electron chi connectivity index (χ3n) is 1.95. The van der Waals surface area contributed by atoms with Crippen molar-refractivity contribution in [3.63, 3.8) is 0 Å². The highest BCUT2D eigenvalue weighted by molar-refractivity contribution is 6.16. The van der Waals surface area contributed by atoms with E-state index < -0.39 is 0 Å². The maximum Gasteiger partial charge on any atom is 0.112 e. The fraction of sp³-hybridized carbons (Fsp3) is 0. The lowest BCUT2D eigenvalue weighted by Crippen LogP contribution is -1.97. The van der Waals surface area contributed by atoms with Crippen LogP contribution in [-0.2, 0) is 0 Å². The zero-order valence-electron chi connectivity index (χ0n) is 7.62. The van der Waals surface area contributed by atoms with E-state index in [0.29, 0.717) is 5.71 Å². The summed E-state index contributed by atoms with van der Waals surface area (Å²) in [6.45, 7) is 0. The zero-order valence-corrected chi connectivity index (χ0v) is 7.62. The molecular weight excluding hydrogens is 170 g/mol. The SMILES string of the molecule is N=C1C#CC=C/C1=C\c1ccccc1. The average Bonchev–Trinajstić information content (AvgIpc) is 2.23. The molecule has 0 radical (unpaired) electrons. The molecule has 0 saturated carbocycles. The molecule has 0 atom stereocenters. The number of nitrogens with one attached hydrogen (secondary N) is 1. The Kier molecular flexibility index (Phi) is 2.29. The van der Waals surface area contributed by atoms with Gasteiger partial charge < -0.3 is 0 Å². The Morgan fingerprint density at radius 3 is 2.64 bits per heavy atom. The number of rotatable bonds is 1. The van der Waals surface area contributed by atoms with E-state index in [9.17, 15) is 0 Å². The molecule has 0 fully saturated rings. The van der Waals surface area contributed by atoms with E-state index in [2.05, 4.69) is 11.8 Å². The van der Waals surface area contributed by atoms with Crippen LogP contribution in [0.15, 0.2) is 48.1 Å². The van der Waals surface area contributed by atoms with Crippen LogP contribution in [-0.4, -0.2) is 5.71 Å². The fourth-order valence-electron chi connectivity index (χ4n) is 1.25. The number of allylic oxidation sites excluding steroid dienone is 3. The van der Waals surface area contributed by atoms with Crippen molar-refractivity contribution in [3.8, 4) is 11.8 Å². The van der Waals surface area contributed by atoms with Gasteiger partial charge in [-0.1, -0.05) is 36.3 Å². The lowest BCUT2D eigenvalue weighted by atomic mass is 10.0. The van der Waals surface area contributed by atoms with Gasteiger partial charge in [-0.05, 0) is 29.7 Å². The first-order chi connectivity index (χ1) is 6.86. The molecule has 1 aromatic carbocycles. The summed E-state index contributed by atoms with van der Waals surface area (Å²) in [5.41, 5.74) is 2.35. The molecule has 14 heavy (non-hydrogen) atoms. The van der Waals surface area contributed by atoms with Gasteiger partial charge in [-0.15, -0.1) is 0 Å². The van der Waals surface area contributed by atoms with Gasteiger partial charge in [0.25, 0.3) is 0 Å². The second-order valence-electron chi connectivity index (χ2n) is 2.99. The minimum atomic E-state index is 0.386.